The molecule has 0 radical (unpaired) electrons. The molecule has 0 spiro atoms. The number of rotatable bonds is 12. The summed E-state index contributed by atoms with van der Waals surface area (Å²) >= 11 is 0. The van der Waals surface area contributed by atoms with E-state index in [0.29, 0.717) is 23.7 Å². The van der Waals surface area contributed by atoms with Crippen LogP contribution in [0.5, 0.6) is 0 Å². The van der Waals surface area contributed by atoms with Crippen LogP contribution in [-0.2, 0) is 6.42 Å². The fourth-order valence-electron chi connectivity index (χ4n) is 5.83. The summed E-state index contributed by atoms with van der Waals surface area (Å²) in [6.07, 6.45) is 7.49. The molecule has 5 unspecified atom stereocenters. The molecule has 1 aromatic carbocycles. The van der Waals surface area contributed by atoms with Crippen molar-refractivity contribution in [1.29, 1.82) is 0 Å². The average Bonchev–Trinajstić information content (AvgIpc) is 3.59. The van der Waals surface area contributed by atoms with E-state index in [-0.39, 0.29) is 0 Å². The zero-order chi connectivity index (χ0) is 26.5. The fraction of sp³-hybridized carbons (Fsp3) is 0.750. The molecule has 0 bridgehead atoms. The average molecular weight is 512 g/mol. The van der Waals surface area contributed by atoms with Gasteiger partial charge in [0.1, 0.15) is 0 Å². The van der Waals surface area contributed by atoms with Gasteiger partial charge in [0.2, 0.25) is 0 Å². The van der Waals surface area contributed by atoms with Gasteiger partial charge in [-0.1, -0.05) is 58.0 Å². The van der Waals surface area contributed by atoms with Crippen LogP contribution in [0.2, 0.25) is 0 Å². The van der Waals surface area contributed by atoms with Gasteiger partial charge < -0.3 is 26.6 Å². The van der Waals surface area contributed by atoms with Gasteiger partial charge in [0, 0.05) is 19.1 Å². The SMILES string of the molecule is C=C1CNCNCCC(C)C(CCc2ccc3c(c2)C3CCCNCCCNCC)CNCC(C)C1C. The number of fused-ring (bicyclic) bond motifs is 1. The number of nitrogens with one attached hydrogen (secondary N) is 5. The van der Waals surface area contributed by atoms with Gasteiger partial charge >= 0.3 is 0 Å². The van der Waals surface area contributed by atoms with Gasteiger partial charge in [-0.3, -0.25) is 0 Å². The van der Waals surface area contributed by atoms with Crippen LogP contribution < -0.4 is 26.6 Å². The van der Waals surface area contributed by atoms with Crippen LogP contribution >= 0.6 is 0 Å². The van der Waals surface area contributed by atoms with Crippen LogP contribution in [0.3, 0.4) is 0 Å². The molecule has 5 N–H and O–H groups in total. The van der Waals surface area contributed by atoms with Crippen LogP contribution in [0.25, 0.3) is 0 Å². The Labute approximate surface area is 228 Å². The highest BCUT2D eigenvalue weighted by Crippen LogP contribution is 2.47. The van der Waals surface area contributed by atoms with Gasteiger partial charge in [0.15, 0.2) is 0 Å². The highest BCUT2D eigenvalue weighted by molar-refractivity contribution is 5.54. The molecule has 5 atom stereocenters. The highest BCUT2D eigenvalue weighted by atomic mass is 15.1. The lowest BCUT2D eigenvalue weighted by Crippen LogP contribution is -2.37. The van der Waals surface area contributed by atoms with E-state index in [0.717, 1.165) is 64.9 Å². The smallest absolute Gasteiger partial charge is 0.0456 e. The predicted octanol–water partition coefficient (Wildman–Crippen LogP) is 4.64. The summed E-state index contributed by atoms with van der Waals surface area (Å²) in [7, 11) is 0. The van der Waals surface area contributed by atoms with E-state index in [1.807, 2.05) is 0 Å². The Kier molecular flexibility index (Phi) is 13.6. The molecule has 1 heterocycles. The van der Waals surface area contributed by atoms with Crippen molar-refractivity contribution in [3.8, 4) is 0 Å². The summed E-state index contributed by atoms with van der Waals surface area (Å²) in [5.74, 6) is 3.29. The molecule has 210 valence electrons. The zero-order valence-corrected chi connectivity index (χ0v) is 24.4. The van der Waals surface area contributed by atoms with Crippen molar-refractivity contribution in [2.75, 3.05) is 59.0 Å². The molecule has 37 heavy (non-hydrogen) atoms. The molecule has 5 nitrogen and oxygen atoms in total. The standard InChI is InChI=1S/C32H57N5/c1-6-33-16-8-17-34-15-7-9-30-31-13-11-28(19-32(30)31)10-12-29-22-36-20-25(3)27(5)26(4)21-37-23-35-18-14-24(29)2/h11,13,19,24-25,27,29-30,33-37H,4,6-10,12,14-18,20-23H2,1-3,5H3. The van der Waals surface area contributed by atoms with Gasteiger partial charge in [-0.25, -0.2) is 0 Å². The summed E-state index contributed by atoms with van der Waals surface area (Å²) in [4.78, 5) is 0. The summed E-state index contributed by atoms with van der Waals surface area (Å²) in [5, 5.41) is 17.9. The van der Waals surface area contributed by atoms with Crippen molar-refractivity contribution in [1.82, 2.24) is 26.6 Å². The van der Waals surface area contributed by atoms with Crippen LogP contribution in [0.1, 0.15) is 82.4 Å². The van der Waals surface area contributed by atoms with Gasteiger partial charge in [-0.15, -0.1) is 0 Å². The maximum atomic E-state index is 4.34. The largest absolute Gasteiger partial charge is 0.317 e. The zero-order valence-electron chi connectivity index (χ0n) is 24.4. The molecule has 1 saturated heterocycles. The van der Waals surface area contributed by atoms with Crippen molar-refractivity contribution in [2.45, 2.75) is 72.1 Å². The molecule has 2 aliphatic rings. The molecule has 1 aliphatic carbocycles. The van der Waals surface area contributed by atoms with Gasteiger partial charge in [-0.2, -0.15) is 0 Å². The normalized spacial score (nSPS) is 27.5. The number of aryl methyl sites for hydroxylation is 1. The summed E-state index contributed by atoms with van der Waals surface area (Å²) in [6, 6.07) is 7.34. The molecule has 1 aromatic rings. The van der Waals surface area contributed by atoms with Gasteiger partial charge in [-0.05, 0) is 125 Å². The molecule has 0 amide bonds. The molecule has 5 heteroatoms. The van der Waals surface area contributed by atoms with E-state index in [2.05, 4.69) is 79.1 Å². The quantitative estimate of drug-likeness (QED) is 0.209. The third-order valence-corrected chi connectivity index (χ3v) is 8.98. The maximum absolute atomic E-state index is 4.34. The lowest BCUT2D eigenvalue weighted by molar-refractivity contribution is 0.286. The third-order valence-electron chi connectivity index (χ3n) is 8.98. The number of hydrogen-bond donors (Lipinski definition) is 5. The topological polar surface area (TPSA) is 60.1 Å². The Morgan fingerprint density at radius 1 is 0.892 bits per heavy atom. The minimum absolute atomic E-state index is 0.532. The van der Waals surface area contributed by atoms with Gasteiger partial charge in [0.05, 0.1) is 0 Å². The lowest BCUT2D eigenvalue weighted by atomic mass is 9.85. The first-order chi connectivity index (χ1) is 18.0. The highest BCUT2D eigenvalue weighted by Gasteiger charge is 2.31. The first-order valence-corrected chi connectivity index (χ1v) is 15.3. The molecule has 3 rings (SSSR count). The van der Waals surface area contributed by atoms with E-state index < -0.39 is 0 Å². The van der Waals surface area contributed by atoms with Crippen molar-refractivity contribution in [3.05, 3.63) is 47.0 Å². The molecular formula is C32H57N5. The van der Waals surface area contributed by atoms with Crippen LogP contribution in [-0.4, -0.2) is 59.0 Å². The third kappa shape index (κ3) is 10.4. The van der Waals surface area contributed by atoms with Crippen molar-refractivity contribution < 1.29 is 0 Å². The summed E-state index contributed by atoms with van der Waals surface area (Å²) in [6.45, 7) is 23.2. The summed E-state index contributed by atoms with van der Waals surface area (Å²) in [5.41, 5.74) is 6.09. The maximum Gasteiger partial charge on any atom is 0.0456 e. The Hall–Kier alpha value is -1.24. The van der Waals surface area contributed by atoms with E-state index in [1.165, 1.54) is 49.7 Å². The fourth-order valence-corrected chi connectivity index (χ4v) is 5.83. The van der Waals surface area contributed by atoms with E-state index in [4.69, 9.17) is 0 Å². The Morgan fingerprint density at radius 2 is 1.70 bits per heavy atom. The van der Waals surface area contributed by atoms with E-state index in [9.17, 15) is 0 Å². The first kappa shape index (κ1) is 30.3. The summed E-state index contributed by atoms with van der Waals surface area (Å²) < 4.78 is 0. The van der Waals surface area contributed by atoms with Crippen molar-refractivity contribution in [2.24, 2.45) is 23.7 Å². The van der Waals surface area contributed by atoms with E-state index >= 15 is 0 Å². The first-order valence-electron chi connectivity index (χ1n) is 15.3. The second-order valence-corrected chi connectivity index (χ2v) is 11.9. The number of hydrogen-bond acceptors (Lipinski definition) is 5. The minimum Gasteiger partial charge on any atom is -0.317 e. The molecule has 0 saturated carbocycles. The second-order valence-electron chi connectivity index (χ2n) is 11.9. The van der Waals surface area contributed by atoms with Crippen molar-refractivity contribution >= 4 is 0 Å². The monoisotopic (exact) mass is 511 g/mol. The molecule has 0 aromatic heterocycles. The van der Waals surface area contributed by atoms with Crippen LogP contribution in [0, 0.1) is 23.7 Å². The number of benzene rings is 1. The Morgan fingerprint density at radius 3 is 2.54 bits per heavy atom. The van der Waals surface area contributed by atoms with Gasteiger partial charge in [0.25, 0.3) is 0 Å². The van der Waals surface area contributed by atoms with Crippen LogP contribution in [0.15, 0.2) is 30.4 Å². The van der Waals surface area contributed by atoms with Crippen molar-refractivity contribution in [3.63, 3.8) is 0 Å². The Balaban J connectivity index is 1.42. The minimum atomic E-state index is 0.532. The second kappa shape index (κ2) is 16.7. The van der Waals surface area contributed by atoms with Crippen LogP contribution in [0.4, 0.5) is 0 Å². The Bertz CT molecular complexity index is 793. The molecule has 1 fully saturated rings. The lowest BCUT2D eigenvalue weighted by Gasteiger charge is -2.28. The molecule has 1 aliphatic heterocycles. The predicted molar refractivity (Wildman–Crippen MR) is 160 cm³/mol. The van der Waals surface area contributed by atoms with E-state index in [1.54, 1.807) is 11.1 Å². The molecular weight excluding hydrogens is 454 g/mol.